The minimum absolute atomic E-state index is 0.201. The smallest absolute Gasteiger partial charge is 0.224 e. The largest absolute Gasteiger partial charge is 0.480 e. The molecule has 0 saturated carbocycles. The van der Waals surface area contributed by atoms with Crippen LogP contribution in [0.3, 0.4) is 0 Å². The zero-order valence-electron chi connectivity index (χ0n) is 22.7. The summed E-state index contributed by atoms with van der Waals surface area (Å²) in [5.41, 5.74) is 3.34. The van der Waals surface area contributed by atoms with Gasteiger partial charge in [-0.05, 0) is 44.9 Å². The molecule has 3 aromatic heterocycles. The van der Waals surface area contributed by atoms with Crippen LogP contribution in [0, 0.1) is 13.8 Å². The lowest BCUT2D eigenvalue weighted by molar-refractivity contribution is -0.120. The Labute approximate surface area is 222 Å². The second-order valence-corrected chi connectivity index (χ2v) is 9.56. The number of fused-ring (bicyclic) bond motifs is 1. The van der Waals surface area contributed by atoms with Crippen molar-refractivity contribution in [1.82, 2.24) is 25.1 Å². The summed E-state index contributed by atoms with van der Waals surface area (Å²) in [5.74, 6) is 1.34. The molecule has 1 aromatic carbocycles. The van der Waals surface area contributed by atoms with Gasteiger partial charge in [-0.2, -0.15) is 5.10 Å². The molecule has 4 aromatic rings. The molecule has 38 heavy (non-hydrogen) atoms. The van der Waals surface area contributed by atoms with E-state index in [2.05, 4.69) is 15.3 Å². The number of rotatable bonds is 12. The molecule has 0 bridgehead atoms. The fourth-order valence-corrected chi connectivity index (χ4v) is 4.79. The average molecular weight is 518 g/mol. The number of carbonyl (C=O) groups is 2. The minimum Gasteiger partial charge on any atom is -0.480 e. The molecular formula is C29H35N5O4. The number of benzene rings is 1. The van der Waals surface area contributed by atoms with E-state index in [1.807, 2.05) is 61.9 Å². The first-order chi connectivity index (χ1) is 18.3. The molecule has 0 aliphatic heterocycles. The lowest BCUT2D eigenvalue weighted by Gasteiger charge is -2.27. The molecule has 1 amide bonds. The average Bonchev–Trinajstić information content (AvgIpc) is 3.52. The minimum atomic E-state index is -0.569. The summed E-state index contributed by atoms with van der Waals surface area (Å²) in [6.45, 7) is 7.29. The SMILES string of the molecule is CCC(=O)CCCC[C@@H]([C@H](NC(C)=O)c1ncc(-c2cc3ccccc3nc2OC)o1)n1nc(C)cc1C. The zero-order valence-corrected chi connectivity index (χ0v) is 22.7. The van der Waals surface area contributed by atoms with E-state index in [4.69, 9.17) is 14.3 Å². The second kappa shape index (κ2) is 12.0. The van der Waals surface area contributed by atoms with Crippen LogP contribution in [0.4, 0.5) is 0 Å². The van der Waals surface area contributed by atoms with Gasteiger partial charge in [-0.25, -0.2) is 9.97 Å². The van der Waals surface area contributed by atoms with Crippen molar-refractivity contribution in [1.29, 1.82) is 0 Å². The van der Waals surface area contributed by atoms with Gasteiger partial charge < -0.3 is 14.5 Å². The van der Waals surface area contributed by atoms with Crippen LogP contribution in [-0.4, -0.2) is 38.5 Å². The summed E-state index contributed by atoms with van der Waals surface area (Å²) in [4.78, 5) is 33.4. The highest BCUT2D eigenvalue weighted by Gasteiger charge is 2.32. The van der Waals surface area contributed by atoms with E-state index in [1.54, 1.807) is 13.3 Å². The fourth-order valence-electron chi connectivity index (χ4n) is 4.79. The van der Waals surface area contributed by atoms with Gasteiger partial charge in [0.05, 0.1) is 36.1 Å². The number of aryl methyl sites for hydroxylation is 2. The number of nitrogens with zero attached hydrogens (tertiary/aromatic N) is 4. The number of hydrogen-bond donors (Lipinski definition) is 1. The summed E-state index contributed by atoms with van der Waals surface area (Å²) in [6.07, 6.45) is 4.97. The lowest BCUT2D eigenvalue weighted by atomic mass is 9.99. The van der Waals surface area contributed by atoms with E-state index in [1.165, 1.54) is 6.92 Å². The summed E-state index contributed by atoms with van der Waals surface area (Å²) in [7, 11) is 1.57. The number of ether oxygens (including phenoxy) is 1. The molecule has 0 fully saturated rings. The predicted molar refractivity (Wildman–Crippen MR) is 145 cm³/mol. The third kappa shape index (κ3) is 6.10. The Morgan fingerprint density at radius 1 is 1.16 bits per heavy atom. The van der Waals surface area contributed by atoms with Crippen LogP contribution in [-0.2, 0) is 9.59 Å². The fraction of sp³-hybridized carbons (Fsp3) is 0.414. The maximum absolute atomic E-state index is 12.4. The molecule has 1 N–H and O–H groups in total. The number of carbonyl (C=O) groups excluding carboxylic acids is 2. The monoisotopic (exact) mass is 517 g/mol. The molecule has 0 aliphatic rings. The van der Waals surface area contributed by atoms with Crippen LogP contribution in [0.2, 0.25) is 0 Å². The first kappa shape index (κ1) is 27.0. The van der Waals surface area contributed by atoms with Crippen LogP contribution in [0.1, 0.15) is 75.3 Å². The van der Waals surface area contributed by atoms with Crippen LogP contribution in [0.25, 0.3) is 22.2 Å². The highest BCUT2D eigenvalue weighted by atomic mass is 16.5. The third-order valence-electron chi connectivity index (χ3n) is 6.64. The van der Waals surface area contributed by atoms with Crippen LogP contribution in [0.5, 0.6) is 5.88 Å². The quantitative estimate of drug-likeness (QED) is 0.241. The molecule has 0 radical (unpaired) electrons. The maximum atomic E-state index is 12.4. The number of pyridine rings is 1. The summed E-state index contributed by atoms with van der Waals surface area (Å²) in [5, 5.41) is 8.71. The Kier molecular flexibility index (Phi) is 8.55. The van der Waals surface area contributed by atoms with Crippen LogP contribution in [0.15, 0.2) is 47.0 Å². The molecule has 200 valence electrons. The normalized spacial score (nSPS) is 12.9. The molecular weight excluding hydrogens is 482 g/mol. The molecule has 0 aliphatic carbocycles. The van der Waals surface area contributed by atoms with E-state index in [9.17, 15) is 9.59 Å². The van der Waals surface area contributed by atoms with E-state index < -0.39 is 6.04 Å². The molecule has 9 heteroatoms. The highest BCUT2D eigenvalue weighted by Crippen LogP contribution is 2.36. The van der Waals surface area contributed by atoms with Crippen molar-refractivity contribution in [2.75, 3.05) is 7.11 Å². The zero-order chi connectivity index (χ0) is 27.2. The van der Waals surface area contributed by atoms with Crippen molar-refractivity contribution in [3.8, 4) is 17.2 Å². The Hall–Kier alpha value is -4.01. The van der Waals surface area contributed by atoms with Crippen LogP contribution >= 0.6 is 0 Å². The van der Waals surface area contributed by atoms with E-state index in [-0.39, 0.29) is 17.7 Å². The van der Waals surface area contributed by atoms with Crippen molar-refractivity contribution < 1.29 is 18.7 Å². The van der Waals surface area contributed by atoms with Crippen molar-refractivity contribution in [2.45, 2.75) is 71.9 Å². The highest BCUT2D eigenvalue weighted by molar-refractivity contribution is 5.85. The van der Waals surface area contributed by atoms with Gasteiger partial charge in [0.1, 0.15) is 11.8 Å². The predicted octanol–water partition coefficient (Wildman–Crippen LogP) is 5.67. The molecule has 3 heterocycles. The number of ketones is 1. The number of Topliss-reactive ketones (excluding diaryl/α,β-unsaturated/α-hetero) is 1. The number of amides is 1. The Morgan fingerprint density at radius 3 is 2.63 bits per heavy atom. The topological polar surface area (TPSA) is 112 Å². The number of nitrogens with one attached hydrogen (secondary N) is 1. The number of methoxy groups -OCH3 is 1. The number of para-hydroxylation sites is 1. The van der Waals surface area contributed by atoms with E-state index >= 15 is 0 Å². The number of hydrogen-bond acceptors (Lipinski definition) is 7. The van der Waals surface area contributed by atoms with Crippen molar-refractivity contribution in [3.05, 3.63) is 59.9 Å². The summed E-state index contributed by atoms with van der Waals surface area (Å²) < 4.78 is 13.8. The Morgan fingerprint density at radius 2 is 1.95 bits per heavy atom. The number of aromatic nitrogens is 4. The van der Waals surface area contributed by atoms with Gasteiger partial charge in [-0.3, -0.25) is 14.3 Å². The van der Waals surface area contributed by atoms with Gasteiger partial charge in [0.2, 0.25) is 17.7 Å². The van der Waals surface area contributed by atoms with Gasteiger partial charge in [-0.15, -0.1) is 0 Å². The van der Waals surface area contributed by atoms with Crippen molar-refractivity contribution in [2.24, 2.45) is 0 Å². The Balaban J connectivity index is 1.71. The lowest BCUT2D eigenvalue weighted by Crippen LogP contribution is -2.34. The third-order valence-corrected chi connectivity index (χ3v) is 6.64. The van der Waals surface area contributed by atoms with Gasteiger partial charge in [-0.1, -0.05) is 31.5 Å². The van der Waals surface area contributed by atoms with Gasteiger partial charge >= 0.3 is 0 Å². The first-order valence-electron chi connectivity index (χ1n) is 13.0. The molecule has 0 spiro atoms. The molecule has 0 unspecified atom stereocenters. The molecule has 9 nitrogen and oxygen atoms in total. The standard InChI is InChI=1S/C29H35N5O4/c1-6-22(36)12-8-10-14-25(34-19(3)15-18(2)33-34)27(31-20(4)35)29-30-17-26(38-29)23-16-21-11-7-9-13-24(21)32-28(23)37-5/h7,9,11,13,15-17,25,27H,6,8,10,12,14H2,1-5H3,(H,31,35)/t25-,27-/m0/s1. The van der Waals surface area contributed by atoms with E-state index in [0.717, 1.165) is 35.1 Å². The van der Waals surface area contributed by atoms with Crippen LogP contribution < -0.4 is 10.1 Å². The molecule has 4 rings (SSSR count). The first-order valence-corrected chi connectivity index (χ1v) is 13.0. The van der Waals surface area contributed by atoms with E-state index in [0.29, 0.717) is 42.4 Å². The molecule has 2 atom stereocenters. The number of unbranched alkanes of at least 4 members (excludes halogenated alkanes) is 1. The summed E-state index contributed by atoms with van der Waals surface area (Å²) in [6, 6.07) is 10.9. The number of oxazole rings is 1. The Bertz CT molecular complexity index is 1420. The molecule has 0 saturated heterocycles. The summed E-state index contributed by atoms with van der Waals surface area (Å²) >= 11 is 0. The van der Waals surface area contributed by atoms with Gasteiger partial charge in [0.25, 0.3) is 0 Å². The maximum Gasteiger partial charge on any atom is 0.224 e. The van der Waals surface area contributed by atoms with Gasteiger partial charge in [0, 0.05) is 30.8 Å². The van der Waals surface area contributed by atoms with Crippen molar-refractivity contribution in [3.63, 3.8) is 0 Å². The van der Waals surface area contributed by atoms with Crippen molar-refractivity contribution >= 4 is 22.6 Å². The second-order valence-electron chi connectivity index (χ2n) is 9.56. The van der Waals surface area contributed by atoms with Gasteiger partial charge in [0.15, 0.2) is 5.76 Å².